The summed E-state index contributed by atoms with van der Waals surface area (Å²) >= 11 is 3.84. The van der Waals surface area contributed by atoms with Crippen LogP contribution in [0.5, 0.6) is 0 Å². The molecular weight excluding hydrogens is 138 g/mol. The molecule has 0 saturated heterocycles. The maximum Gasteiger partial charge on any atom is 0.327 e. The van der Waals surface area contributed by atoms with E-state index in [2.05, 4.69) is 17.9 Å². The smallest absolute Gasteiger partial charge is 0.327 e. The Balaban J connectivity index is 3.19. The predicted octanol–water partition coefficient (Wildman–Crippen LogP) is -0.304. The largest absolute Gasteiger partial charge is 0.336 e. The Morgan fingerprint density at radius 2 is 2.44 bits per heavy atom. The number of urea groups is 1. The van der Waals surface area contributed by atoms with Crippen LogP contribution in [-0.4, -0.2) is 18.3 Å². The lowest BCUT2D eigenvalue weighted by molar-refractivity contribution is 0.245. The van der Waals surface area contributed by atoms with Gasteiger partial charge in [0.1, 0.15) is 0 Å². The van der Waals surface area contributed by atoms with Crippen molar-refractivity contribution in [3.63, 3.8) is 0 Å². The van der Waals surface area contributed by atoms with Gasteiger partial charge in [0.25, 0.3) is 0 Å². The number of hydrogen-bond acceptors (Lipinski definition) is 3. The summed E-state index contributed by atoms with van der Waals surface area (Å²) in [4.78, 5) is 10.3. The molecule has 0 unspecified atom stereocenters. The average molecular weight is 145 g/mol. The van der Waals surface area contributed by atoms with Gasteiger partial charge in [0, 0.05) is 12.3 Å². The molecule has 2 amide bonds. The summed E-state index contributed by atoms with van der Waals surface area (Å²) in [6.07, 6.45) is 1.49. The normalized spacial score (nSPS) is 7.56. The molecule has 50 valence electrons. The number of rotatable bonds is 2. The molecule has 0 aromatic rings. The molecule has 0 aromatic carbocycles. The fourth-order valence-electron chi connectivity index (χ4n) is 0.264. The highest BCUT2D eigenvalue weighted by Crippen LogP contribution is 1.68. The lowest BCUT2D eigenvalue weighted by Gasteiger charge is -1.96. The summed E-state index contributed by atoms with van der Waals surface area (Å²) in [5.74, 6) is 0.568. The molecular formula is C4H7N3OS. The van der Waals surface area contributed by atoms with Gasteiger partial charge in [0.2, 0.25) is 0 Å². The van der Waals surface area contributed by atoms with E-state index < -0.39 is 6.03 Å². The number of amides is 2. The molecule has 0 atom stereocenters. The molecule has 4 nitrogen and oxygen atoms in total. The highest BCUT2D eigenvalue weighted by Gasteiger charge is 1.92. The van der Waals surface area contributed by atoms with Crippen LogP contribution in [0.15, 0.2) is 0 Å². The van der Waals surface area contributed by atoms with Crippen LogP contribution in [0.25, 0.3) is 0 Å². The monoisotopic (exact) mass is 145 g/mol. The van der Waals surface area contributed by atoms with Crippen LogP contribution in [-0.2, 0) is 0 Å². The van der Waals surface area contributed by atoms with Crippen molar-refractivity contribution in [1.29, 1.82) is 5.26 Å². The van der Waals surface area contributed by atoms with Crippen molar-refractivity contribution in [3.8, 4) is 6.19 Å². The van der Waals surface area contributed by atoms with Gasteiger partial charge in [-0.2, -0.15) is 17.9 Å². The fraction of sp³-hybridized carbons (Fsp3) is 0.500. The standard InChI is InChI=1S/C4H7N3OS/c5-3-7-4(8)6-1-2-9/h9H,1-2H2,(H2,6,7,8). The van der Waals surface area contributed by atoms with Crippen LogP contribution >= 0.6 is 12.6 Å². The second kappa shape index (κ2) is 5.25. The molecule has 0 aliphatic heterocycles. The molecule has 0 rings (SSSR count). The first-order valence-electron chi connectivity index (χ1n) is 2.35. The minimum absolute atomic E-state index is 0.469. The predicted molar refractivity (Wildman–Crippen MR) is 36.0 cm³/mol. The number of carbonyl (C=O) groups excluding carboxylic acids is 1. The number of thiol groups is 1. The number of hydrogen-bond donors (Lipinski definition) is 3. The molecule has 0 aromatic heterocycles. The van der Waals surface area contributed by atoms with E-state index in [1.807, 2.05) is 5.32 Å². The highest BCUT2D eigenvalue weighted by atomic mass is 32.1. The van der Waals surface area contributed by atoms with E-state index in [0.717, 1.165) is 0 Å². The maximum absolute atomic E-state index is 10.3. The summed E-state index contributed by atoms with van der Waals surface area (Å²) in [5, 5.41) is 12.2. The van der Waals surface area contributed by atoms with Crippen molar-refractivity contribution >= 4 is 18.7 Å². The molecule has 9 heavy (non-hydrogen) atoms. The van der Waals surface area contributed by atoms with E-state index in [0.29, 0.717) is 12.3 Å². The molecule has 2 N–H and O–H groups in total. The van der Waals surface area contributed by atoms with Crippen LogP contribution in [0, 0.1) is 11.5 Å². The van der Waals surface area contributed by atoms with Crippen molar-refractivity contribution in [2.24, 2.45) is 0 Å². The zero-order chi connectivity index (χ0) is 7.11. The quantitative estimate of drug-likeness (QED) is 0.283. The van der Waals surface area contributed by atoms with E-state index in [-0.39, 0.29) is 0 Å². The Labute approximate surface area is 58.6 Å². The molecule has 0 aliphatic rings. The van der Waals surface area contributed by atoms with Crippen LogP contribution < -0.4 is 10.6 Å². The fourth-order valence-corrected chi connectivity index (χ4v) is 0.376. The highest BCUT2D eigenvalue weighted by molar-refractivity contribution is 7.80. The molecule has 0 saturated carbocycles. The van der Waals surface area contributed by atoms with Crippen molar-refractivity contribution < 1.29 is 4.79 Å². The zero-order valence-corrected chi connectivity index (χ0v) is 5.61. The first kappa shape index (κ1) is 8.11. The molecule has 0 spiro atoms. The summed E-state index contributed by atoms with van der Waals surface area (Å²) in [6.45, 7) is 0.469. The van der Waals surface area contributed by atoms with E-state index >= 15 is 0 Å². The van der Waals surface area contributed by atoms with Gasteiger partial charge in [-0.1, -0.05) is 0 Å². The minimum atomic E-state index is -0.480. The van der Waals surface area contributed by atoms with E-state index in [1.165, 1.54) is 6.19 Å². The van der Waals surface area contributed by atoms with Gasteiger partial charge in [-0.05, 0) is 0 Å². The number of nitrogens with one attached hydrogen (secondary N) is 2. The SMILES string of the molecule is N#CNC(=O)NCCS. The lowest BCUT2D eigenvalue weighted by atomic mass is 10.7. The summed E-state index contributed by atoms with van der Waals surface area (Å²) < 4.78 is 0. The van der Waals surface area contributed by atoms with Crippen LogP contribution in [0.2, 0.25) is 0 Å². The first-order chi connectivity index (χ1) is 4.31. The Morgan fingerprint density at radius 1 is 1.78 bits per heavy atom. The molecule has 0 bridgehead atoms. The van der Waals surface area contributed by atoms with Gasteiger partial charge in [-0.15, -0.1) is 0 Å². The second-order valence-corrected chi connectivity index (χ2v) is 1.66. The lowest BCUT2D eigenvalue weighted by Crippen LogP contribution is -2.33. The summed E-state index contributed by atoms with van der Waals surface area (Å²) in [5.41, 5.74) is 0. The van der Waals surface area contributed by atoms with Crippen molar-refractivity contribution in [1.82, 2.24) is 10.6 Å². The number of carbonyl (C=O) groups is 1. The van der Waals surface area contributed by atoms with Gasteiger partial charge >= 0.3 is 6.03 Å². The van der Waals surface area contributed by atoms with E-state index in [1.54, 1.807) is 0 Å². The Hall–Kier alpha value is -0.890. The zero-order valence-electron chi connectivity index (χ0n) is 4.72. The maximum atomic E-state index is 10.3. The average Bonchev–Trinajstić information content (AvgIpc) is 1.85. The molecule has 0 heterocycles. The molecule has 0 radical (unpaired) electrons. The molecule has 0 fully saturated rings. The second-order valence-electron chi connectivity index (χ2n) is 1.22. The van der Waals surface area contributed by atoms with Gasteiger partial charge in [-0.25, -0.2) is 10.1 Å². The third-order valence-corrected chi connectivity index (χ3v) is 0.790. The van der Waals surface area contributed by atoms with Crippen molar-refractivity contribution in [2.75, 3.05) is 12.3 Å². The van der Waals surface area contributed by atoms with Gasteiger partial charge in [0.05, 0.1) is 0 Å². The number of nitrogens with zero attached hydrogens (tertiary/aromatic N) is 1. The van der Waals surface area contributed by atoms with Crippen molar-refractivity contribution in [2.45, 2.75) is 0 Å². The van der Waals surface area contributed by atoms with Crippen molar-refractivity contribution in [3.05, 3.63) is 0 Å². The van der Waals surface area contributed by atoms with Gasteiger partial charge in [-0.3, -0.25) is 0 Å². The molecule has 0 aliphatic carbocycles. The third kappa shape index (κ3) is 4.97. The third-order valence-electron chi connectivity index (χ3n) is 0.567. The first-order valence-corrected chi connectivity index (χ1v) is 2.98. The van der Waals surface area contributed by atoms with Gasteiger partial charge < -0.3 is 5.32 Å². The Bertz CT molecular complexity index is 130. The van der Waals surface area contributed by atoms with Crippen LogP contribution in [0.4, 0.5) is 4.79 Å². The topological polar surface area (TPSA) is 64.9 Å². The Kier molecular flexibility index (Phi) is 4.73. The van der Waals surface area contributed by atoms with Crippen LogP contribution in [0.3, 0.4) is 0 Å². The Morgan fingerprint density at radius 3 is 2.89 bits per heavy atom. The van der Waals surface area contributed by atoms with Gasteiger partial charge in [0.15, 0.2) is 6.19 Å². The minimum Gasteiger partial charge on any atom is -0.336 e. The van der Waals surface area contributed by atoms with E-state index in [4.69, 9.17) is 5.26 Å². The molecule has 5 heteroatoms. The summed E-state index contributed by atoms with van der Waals surface area (Å²) in [6, 6.07) is -0.480. The summed E-state index contributed by atoms with van der Waals surface area (Å²) in [7, 11) is 0. The van der Waals surface area contributed by atoms with Crippen LogP contribution in [0.1, 0.15) is 0 Å². The number of nitriles is 1. The van der Waals surface area contributed by atoms with E-state index in [9.17, 15) is 4.79 Å².